The summed E-state index contributed by atoms with van der Waals surface area (Å²) in [5.41, 5.74) is -0.466. The van der Waals surface area contributed by atoms with Gasteiger partial charge in [-0.05, 0) is 6.26 Å². The van der Waals surface area contributed by atoms with Crippen molar-refractivity contribution in [2.45, 2.75) is 18.9 Å². The van der Waals surface area contributed by atoms with Crippen LogP contribution in [0.1, 0.15) is 24.2 Å². The van der Waals surface area contributed by atoms with Gasteiger partial charge in [-0.2, -0.15) is 0 Å². The first-order chi connectivity index (χ1) is 7.56. The third-order valence-corrected chi connectivity index (χ3v) is 2.17. The minimum atomic E-state index is -1.23. The molecule has 88 valence electrons. The molecule has 0 fully saturated rings. The lowest BCUT2D eigenvalue weighted by Gasteiger charge is -1.99. The second-order valence-corrected chi connectivity index (χ2v) is 3.11. The lowest BCUT2D eigenvalue weighted by molar-refractivity contribution is -0.388. The second-order valence-electron chi connectivity index (χ2n) is 2.31. The summed E-state index contributed by atoms with van der Waals surface area (Å²) in [6.07, 6.45) is 2.73. The number of aromatic carboxylic acids is 1. The molecular weight excluding hydrogens is 232 g/mol. The second kappa shape index (κ2) is 6.78. The van der Waals surface area contributed by atoms with Crippen molar-refractivity contribution in [3.8, 4) is 0 Å². The van der Waals surface area contributed by atoms with E-state index >= 15 is 0 Å². The van der Waals surface area contributed by atoms with Crippen LogP contribution < -0.4 is 0 Å². The van der Waals surface area contributed by atoms with E-state index in [-0.39, 0.29) is 16.3 Å². The smallest absolute Gasteiger partial charge is 0.337 e. The van der Waals surface area contributed by atoms with Gasteiger partial charge in [0.15, 0.2) is 5.03 Å². The Morgan fingerprint density at radius 3 is 2.50 bits per heavy atom. The molecule has 1 aromatic rings. The molecule has 1 rings (SSSR count). The van der Waals surface area contributed by atoms with E-state index < -0.39 is 10.9 Å². The Labute approximate surface area is 96.8 Å². The number of pyridine rings is 1. The summed E-state index contributed by atoms with van der Waals surface area (Å²) in [6, 6.07) is 1.00. The van der Waals surface area contributed by atoms with Crippen molar-refractivity contribution < 1.29 is 14.8 Å². The summed E-state index contributed by atoms with van der Waals surface area (Å²) in [5, 5.41) is 19.3. The molecule has 1 aromatic heterocycles. The highest BCUT2D eigenvalue weighted by Crippen LogP contribution is 2.25. The van der Waals surface area contributed by atoms with Gasteiger partial charge in [-0.15, -0.1) is 11.8 Å². The maximum atomic E-state index is 10.5. The van der Waals surface area contributed by atoms with Crippen LogP contribution in [0.5, 0.6) is 0 Å². The molecule has 6 nitrogen and oxygen atoms in total. The molecule has 0 radical (unpaired) electrons. The van der Waals surface area contributed by atoms with Crippen molar-refractivity contribution in [1.82, 2.24) is 4.98 Å². The van der Waals surface area contributed by atoms with Crippen molar-refractivity contribution in [2.75, 3.05) is 6.26 Å². The number of carbonyl (C=O) groups is 1. The van der Waals surface area contributed by atoms with Gasteiger partial charge in [0.25, 0.3) is 0 Å². The fourth-order valence-corrected chi connectivity index (χ4v) is 1.35. The van der Waals surface area contributed by atoms with E-state index in [4.69, 9.17) is 5.11 Å². The Bertz CT molecular complexity index is 395. The monoisotopic (exact) mass is 244 g/mol. The SMILES string of the molecule is CC.CSc1ncc(C(=O)O)cc1[N+](=O)[O-]. The molecule has 1 N–H and O–H groups in total. The Morgan fingerprint density at radius 2 is 2.12 bits per heavy atom. The fourth-order valence-electron chi connectivity index (χ4n) is 0.846. The first kappa shape index (κ1) is 14.4. The van der Waals surface area contributed by atoms with Crippen LogP contribution in [0.15, 0.2) is 17.3 Å². The molecule has 0 aliphatic heterocycles. The van der Waals surface area contributed by atoms with Crippen molar-refractivity contribution >= 4 is 23.4 Å². The van der Waals surface area contributed by atoms with Crippen LogP contribution in [-0.2, 0) is 0 Å². The Kier molecular flexibility index (Phi) is 6.09. The van der Waals surface area contributed by atoms with Crippen molar-refractivity contribution in [3.05, 3.63) is 27.9 Å². The minimum absolute atomic E-state index is 0.186. The highest BCUT2D eigenvalue weighted by Gasteiger charge is 2.17. The summed E-state index contributed by atoms with van der Waals surface area (Å²) in [4.78, 5) is 24.1. The van der Waals surface area contributed by atoms with Gasteiger partial charge in [0.2, 0.25) is 0 Å². The van der Waals surface area contributed by atoms with Gasteiger partial charge in [0.1, 0.15) is 0 Å². The van der Waals surface area contributed by atoms with Crippen LogP contribution in [0.2, 0.25) is 0 Å². The Balaban J connectivity index is 0.00000106. The summed E-state index contributed by atoms with van der Waals surface area (Å²) in [5.74, 6) is -1.23. The normalized spacial score (nSPS) is 8.94. The van der Waals surface area contributed by atoms with Gasteiger partial charge in [-0.1, -0.05) is 13.8 Å². The fraction of sp³-hybridized carbons (Fsp3) is 0.333. The average Bonchev–Trinajstić information content (AvgIpc) is 2.30. The summed E-state index contributed by atoms with van der Waals surface area (Å²) >= 11 is 1.10. The van der Waals surface area contributed by atoms with Crippen LogP contribution in [0.3, 0.4) is 0 Å². The molecule has 0 bridgehead atoms. The number of aromatic nitrogens is 1. The predicted molar refractivity (Wildman–Crippen MR) is 61.0 cm³/mol. The van der Waals surface area contributed by atoms with Crippen molar-refractivity contribution in [2.24, 2.45) is 0 Å². The zero-order valence-electron chi connectivity index (χ0n) is 9.13. The van der Waals surface area contributed by atoms with Crippen LogP contribution in [0, 0.1) is 10.1 Å². The third-order valence-electron chi connectivity index (χ3n) is 1.47. The zero-order valence-corrected chi connectivity index (χ0v) is 9.95. The maximum Gasteiger partial charge on any atom is 0.337 e. The van der Waals surface area contributed by atoms with E-state index in [0.29, 0.717) is 0 Å². The molecule has 16 heavy (non-hydrogen) atoms. The molecule has 0 spiro atoms. The minimum Gasteiger partial charge on any atom is -0.478 e. The van der Waals surface area contributed by atoms with E-state index in [2.05, 4.69) is 4.98 Å². The topological polar surface area (TPSA) is 93.3 Å². The zero-order chi connectivity index (χ0) is 12.7. The summed E-state index contributed by atoms with van der Waals surface area (Å²) < 4.78 is 0. The number of hydrogen-bond donors (Lipinski definition) is 1. The molecule has 0 unspecified atom stereocenters. The molecule has 0 aliphatic carbocycles. The lowest BCUT2D eigenvalue weighted by Crippen LogP contribution is -2.01. The van der Waals surface area contributed by atoms with Crippen molar-refractivity contribution in [3.63, 3.8) is 0 Å². The molecular formula is C9H12N2O4S. The van der Waals surface area contributed by atoms with Crippen LogP contribution in [0.4, 0.5) is 5.69 Å². The number of nitrogens with zero attached hydrogens (tertiary/aromatic N) is 2. The molecule has 1 heterocycles. The van der Waals surface area contributed by atoms with Gasteiger partial charge in [-0.25, -0.2) is 9.78 Å². The highest BCUT2D eigenvalue weighted by atomic mass is 32.2. The quantitative estimate of drug-likeness (QED) is 0.498. The number of hydrogen-bond acceptors (Lipinski definition) is 5. The van der Waals surface area contributed by atoms with Gasteiger partial charge >= 0.3 is 11.7 Å². The van der Waals surface area contributed by atoms with Crippen LogP contribution in [-0.4, -0.2) is 27.2 Å². The number of nitro groups is 1. The van der Waals surface area contributed by atoms with Gasteiger partial charge in [-0.3, -0.25) is 10.1 Å². The molecule has 0 atom stereocenters. The van der Waals surface area contributed by atoms with Gasteiger partial charge in [0.05, 0.1) is 10.5 Å². The first-order valence-corrected chi connectivity index (χ1v) is 5.70. The van der Waals surface area contributed by atoms with E-state index in [0.717, 1.165) is 24.0 Å². The Hall–Kier alpha value is -1.63. The summed E-state index contributed by atoms with van der Waals surface area (Å²) in [7, 11) is 0. The first-order valence-electron chi connectivity index (χ1n) is 4.48. The number of thioether (sulfide) groups is 1. The van der Waals surface area contributed by atoms with Gasteiger partial charge < -0.3 is 5.11 Å². The van der Waals surface area contributed by atoms with E-state index in [1.807, 2.05) is 13.8 Å². The van der Waals surface area contributed by atoms with E-state index in [1.54, 1.807) is 6.26 Å². The van der Waals surface area contributed by atoms with E-state index in [9.17, 15) is 14.9 Å². The maximum absolute atomic E-state index is 10.5. The standard InChI is InChI=1S/C7H6N2O4S.C2H6/c1-14-6-5(9(12)13)2-4(3-8-6)7(10)11;1-2/h2-3H,1H3,(H,10,11);1-2H3. The van der Waals surface area contributed by atoms with Crippen molar-refractivity contribution in [1.29, 1.82) is 0 Å². The molecule has 0 saturated carbocycles. The van der Waals surface area contributed by atoms with Crippen LogP contribution in [0.25, 0.3) is 0 Å². The molecule has 0 saturated heterocycles. The predicted octanol–water partition coefficient (Wildman–Crippen LogP) is 2.44. The highest BCUT2D eigenvalue weighted by molar-refractivity contribution is 7.98. The molecule has 0 amide bonds. The third kappa shape index (κ3) is 3.50. The Morgan fingerprint density at radius 1 is 1.56 bits per heavy atom. The lowest BCUT2D eigenvalue weighted by atomic mass is 10.3. The number of carboxylic acids is 1. The molecule has 7 heteroatoms. The largest absolute Gasteiger partial charge is 0.478 e. The van der Waals surface area contributed by atoms with E-state index in [1.165, 1.54) is 0 Å². The van der Waals surface area contributed by atoms with Crippen LogP contribution >= 0.6 is 11.8 Å². The molecule has 0 aromatic carbocycles. The summed E-state index contributed by atoms with van der Waals surface area (Å²) in [6.45, 7) is 4.00. The average molecular weight is 244 g/mol. The van der Waals surface area contributed by atoms with Gasteiger partial charge in [0, 0.05) is 12.3 Å². The number of rotatable bonds is 3. The number of carboxylic acid groups (broad SMARTS) is 1. The molecule has 0 aliphatic rings.